The fraction of sp³-hybridized carbons (Fsp3) is 0.613. The van der Waals surface area contributed by atoms with Crippen LogP contribution in [0.15, 0.2) is 30.3 Å². The molecule has 1 N–H and O–H groups in total. The third-order valence-electron chi connectivity index (χ3n) is 4.97. The van der Waals surface area contributed by atoms with E-state index < -0.39 is 53.8 Å². The molecule has 0 atom stereocenters. The van der Waals surface area contributed by atoms with Crippen LogP contribution in [0.2, 0.25) is 0 Å². The van der Waals surface area contributed by atoms with Gasteiger partial charge in [0.05, 0.1) is 26.1 Å². The Labute approximate surface area is 264 Å². The van der Waals surface area contributed by atoms with Gasteiger partial charge in [0.1, 0.15) is 30.9 Å². The molecule has 1 aromatic carbocycles. The molecule has 14 heteroatoms. The minimum Gasteiger partial charge on any atom is -0.480 e. The number of carboxylic acids is 1. The van der Waals surface area contributed by atoms with Gasteiger partial charge in [0.25, 0.3) is 0 Å². The van der Waals surface area contributed by atoms with Gasteiger partial charge in [-0.1, -0.05) is 30.3 Å². The summed E-state index contributed by atoms with van der Waals surface area (Å²) in [6.07, 6.45) is -1.54. The number of benzene rings is 1. The van der Waals surface area contributed by atoms with Gasteiger partial charge in [-0.05, 0) is 61.0 Å². The van der Waals surface area contributed by atoms with E-state index in [1.165, 1.54) is 0 Å². The molecule has 2 amide bonds. The standard InChI is InChI=1S/C19H27NO6.C12H21NO6/c1-5-24-16(21)11-12-20(18(23)26-19(2,3)4)13-17(22)25-14-15-9-7-6-8-10-15;1-5-18-10(16)6-7-13(8-9(14)15)11(17)19-12(2,3)4/h6-10H,5,11-14H2,1-4H3;5-8H2,1-4H3,(H,14,15). The van der Waals surface area contributed by atoms with E-state index in [0.717, 1.165) is 15.4 Å². The first-order chi connectivity index (χ1) is 20.9. The molecule has 0 saturated heterocycles. The second-order valence-electron chi connectivity index (χ2n) is 11.5. The first-order valence-corrected chi connectivity index (χ1v) is 14.5. The monoisotopic (exact) mass is 640 g/mol. The topological polar surface area (TPSA) is 175 Å². The molecule has 0 fully saturated rings. The van der Waals surface area contributed by atoms with Crippen LogP contribution < -0.4 is 0 Å². The fourth-order valence-electron chi connectivity index (χ4n) is 3.14. The van der Waals surface area contributed by atoms with Crippen molar-refractivity contribution in [1.29, 1.82) is 0 Å². The Bertz CT molecular complexity index is 1090. The van der Waals surface area contributed by atoms with Gasteiger partial charge in [-0.25, -0.2) is 9.59 Å². The molecule has 0 heterocycles. The average molecular weight is 641 g/mol. The van der Waals surface area contributed by atoms with Crippen LogP contribution in [0, 0.1) is 0 Å². The van der Waals surface area contributed by atoms with E-state index in [-0.39, 0.29) is 52.3 Å². The summed E-state index contributed by atoms with van der Waals surface area (Å²) in [5, 5.41) is 8.73. The number of ether oxygens (including phenoxy) is 5. The van der Waals surface area contributed by atoms with E-state index in [0.29, 0.717) is 0 Å². The van der Waals surface area contributed by atoms with Gasteiger partial charge >= 0.3 is 36.1 Å². The summed E-state index contributed by atoms with van der Waals surface area (Å²) < 4.78 is 25.1. The number of aliphatic carboxylic acids is 1. The Morgan fingerprint density at radius 3 is 1.44 bits per heavy atom. The number of carboxylic acid groups (broad SMARTS) is 1. The van der Waals surface area contributed by atoms with Crippen LogP contribution >= 0.6 is 0 Å². The smallest absolute Gasteiger partial charge is 0.410 e. The predicted octanol–water partition coefficient (Wildman–Crippen LogP) is 4.18. The van der Waals surface area contributed by atoms with E-state index in [9.17, 15) is 28.8 Å². The zero-order valence-corrected chi connectivity index (χ0v) is 27.6. The lowest BCUT2D eigenvalue weighted by Crippen LogP contribution is -2.41. The third kappa shape index (κ3) is 21.9. The normalized spacial score (nSPS) is 10.8. The Hall–Kier alpha value is -4.36. The van der Waals surface area contributed by atoms with Gasteiger partial charge in [-0.2, -0.15) is 0 Å². The fourth-order valence-corrected chi connectivity index (χ4v) is 3.14. The second-order valence-corrected chi connectivity index (χ2v) is 11.5. The molecule has 1 aromatic rings. The van der Waals surface area contributed by atoms with Crippen molar-refractivity contribution < 1.29 is 57.6 Å². The summed E-state index contributed by atoms with van der Waals surface area (Å²) in [6, 6.07) is 9.22. The third-order valence-corrected chi connectivity index (χ3v) is 4.97. The number of amides is 2. The molecule has 45 heavy (non-hydrogen) atoms. The highest BCUT2D eigenvalue weighted by Crippen LogP contribution is 2.12. The van der Waals surface area contributed by atoms with Crippen molar-refractivity contribution in [2.45, 2.75) is 86.0 Å². The molecule has 0 aliphatic carbocycles. The lowest BCUT2D eigenvalue weighted by Gasteiger charge is -2.26. The minimum absolute atomic E-state index is 0.00812. The second kappa shape index (κ2) is 20.6. The molecule has 0 aromatic heterocycles. The highest BCUT2D eigenvalue weighted by molar-refractivity contribution is 5.79. The Kier molecular flexibility index (Phi) is 18.6. The van der Waals surface area contributed by atoms with Crippen LogP contribution in [0.1, 0.15) is 73.8 Å². The molecule has 0 unspecified atom stereocenters. The van der Waals surface area contributed by atoms with Crippen molar-refractivity contribution in [3.63, 3.8) is 0 Å². The van der Waals surface area contributed by atoms with Crippen molar-refractivity contribution in [1.82, 2.24) is 9.80 Å². The number of carbonyl (C=O) groups excluding carboxylic acids is 5. The Morgan fingerprint density at radius 1 is 0.644 bits per heavy atom. The number of hydrogen-bond acceptors (Lipinski definition) is 11. The first-order valence-electron chi connectivity index (χ1n) is 14.5. The summed E-state index contributed by atoms with van der Waals surface area (Å²) in [5.74, 6) is -2.68. The van der Waals surface area contributed by atoms with Crippen LogP contribution in [-0.4, -0.2) is 102 Å². The highest BCUT2D eigenvalue weighted by atomic mass is 16.6. The molecule has 0 bridgehead atoms. The van der Waals surface area contributed by atoms with Gasteiger partial charge in [0.15, 0.2) is 0 Å². The van der Waals surface area contributed by atoms with Crippen molar-refractivity contribution in [3.8, 4) is 0 Å². The van der Waals surface area contributed by atoms with Crippen molar-refractivity contribution in [2.24, 2.45) is 0 Å². The molecular weight excluding hydrogens is 592 g/mol. The van der Waals surface area contributed by atoms with E-state index in [1.54, 1.807) is 55.4 Å². The molecule has 14 nitrogen and oxygen atoms in total. The number of carbonyl (C=O) groups is 6. The van der Waals surface area contributed by atoms with Gasteiger partial charge < -0.3 is 28.8 Å². The molecule has 0 spiro atoms. The number of nitrogens with zero attached hydrogens (tertiary/aromatic N) is 2. The molecule has 1 rings (SSSR count). The summed E-state index contributed by atoms with van der Waals surface area (Å²) in [6.45, 7) is 13.3. The molecule has 254 valence electrons. The largest absolute Gasteiger partial charge is 0.480 e. The quantitative estimate of drug-likeness (QED) is 0.227. The van der Waals surface area contributed by atoms with Crippen LogP contribution in [0.3, 0.4) is 0 Å². The maximum absolute atomic E-state index is 12.3. The highest BCUT2D eigenvalue weighted by Gasteiger charge is 2.26. The van der Waals surface area contributed by atoms with Gasteiger partial charge in [0, 0.05) is 13.1 Å². The first kappa shape index (κ1) is 40.6. The van der Waals surface area contributed by atoms with Crippen molar-refractivity contribution >= 4 is 36.1 Å². The van der Waals surface area contributed by atoms with Crippen LogP contribution in [0.25, 0.3) is 0 Å². The molecule has 0 saturated carbocycles. The summed E-state index contributed by atoms with van der Waals surface area (Å²) >= 11 is 0. The Balaban J connectivity index is 0.000000907. The molecule has 0 aliphatic rings. The van der Waals surface area contributed by atoms with Crippen LogP contribution in [0.5, 0.6) is 0 Å². The number of hydrogen-bond donors (Lipinski definition) is 1. The van der Waals surface area contributed by atoms with E-state index in [2.05, 4.69) is 0 Å². The van der Waals surface area contributed by atoms with Gasteiger partial charge in [-0.3, -0.25) is 29.0 Å². The lowest BCUT2D eigenvalue weighted by molar-refractivity contribution is -0.148. The zero-order valence-electron chi connectivity index (χ0n) is 27.6. The number of esters is 3. The van der Waals surface area contributed by atoms with Crippen molar-refractivity contribution in [2.75, 3.05) is 39.4 Å². The average Bonchev–Trinajstić information content (AvgIpc) is 2.91. The van der Waals surface area contributed by atoms with Crippen LogP contribution in [0.4, 0.5) is 9.59 Å². The summed E-state index contributed by atoms with van der Waals surface area (Å²) in [7, 11) is 0. The molecular formula is C31H48N2O12. The van der Waals surface area contributed by atoms with E-state index in [1.807, 2.05) is 30.3 Å². The summed E-state index contributed by atoms with van der Waals surface area (Å²) in [5.41, 5.74) is -0.596. The van der Waals surface area contributed by atoms with Crippen molar-refractivity contribution in [3.05, 3.63) is 35.9 Å². The predicted molar refractivity (Wildman–Crippen MR) is 162 cm³/mol. The summed E-state index contributed by atoms with van der Waals surface area (Å²) in [4.78, 5) is 71.6. The maximum Gasteiger partial charge on any atom is 0.410 e. The van der Waals surface area contributed by atoms with Gasteiger partial charge in [-0.15, -0.1) is 0 Å². The van der Waals surface area contributed by atoms with E-state index >= 15 is 0 Å². The Morgan fingerprint density at radius 2 is 1.07 bits per heavy atom. The molecule has 0 aliphatic heterocycles. The zero-order chi connectivity index (χ0) is 34.6. The van der Waals surface area contributed by atoms with Crippen LogP contribution in [-0.2, 0) is 49.5 Å². The maximum atomic E-state index is 12.3. The van der Waals surface area contributed by atoms with E-state index in [4.69, 9.17) is 28.8 Å². The number of rotatable bonds is 14. The van der Waals surface area contributed by atoms with Gasteiger partial charge in [0.2, 0.25) is 0 Å². The minimum atomic E-state index is -1.17. The molecule has 0 radical (unpaired) electrons. The SMILES string of the molecule is CCOC(=O)CCN(CC(=O)O)C(=O)OC(C)(C)C.CCOC(=O)CCN(CC(=O)OCc1ccccc1)C(=O)OC(C)(C)C. The lowest BCUT2D eigenvalue weighted by atomic mass is 10.2.